The molecule has 2 heterocycles. The quantitative estimate of drug-likeness (QED) is 0.794. The molecule has 2 rings (SSSR count). The summed E-state index contributed by atoms with van der Waals surface area (Å²) in [5, 5.41) is 0. The van der Waals surface area contributed by atoms with Crippen molar-refractivity contribution in [3.8, 4) is 0 Å². The Bertz CT molecular complexity index is 518. The Labute approximate surface area is 131 Å². The fourth-order valence-corrected chi connectivity index (χ4v) is 3.72. The van der Waals surface area contributed by atoms with Gasteiger partial charge in [0.25, 0.3) is 5.91 Å². The SMILES string of the molecule is CCOC(=O)C1CCCN(C(=O)c2cc(Cl)sc2Cl)C1. The van der Waals surface area contributed by atoms with Gasteiger partial charge in [-0.15, -0.1) is 11.3 Å². The van der Waals surface area contributed by atoms with E-state index in [1.54, 1.807) is 17.9 Å². The fraction of sp³-hybridized carbons (Fsp3) is 0.538. The van der Waals surface area contributed by atoms with Crippen molar-refractivity contribution in [3.05, 3.63) is 20.3 Å². The van der Waals surface area contributed by atoms with Gasteiger partial charge in [0, 0.05) is 13.1 Å². The predicted octanol–water partition coefficient (Wildman–Crippen LogP) is 3.47. The number of ether oxygens (including phenoxy) is 1. The number of amides is 1. The Balaban J connectivity index is 2.07. The molecule has 7 heteroatoms. The first kappa shape index (κ1) is 15.6. The molecule has 0 aromatic carbocycles. The highest BCUT2D eigenvalue weighted by atomic mass is 35.5. The van der Waals surface area contributed by atoms with Crippen LogP contribution in [0.15, 0.2) is 6.07 Å². The van der Waals surface area contributed by atoms with Crippen LogP contribution in [0.3, 0.4) is 0 Å². The molecule has 1 atom stereocenters. The van der Waals surface area contributed by atoms with E-state index in [-0.39, 0.29) is 17.8 Å². The molecular weight excluding hydrogens is 321 g/mol. The molecule has 0 bridgehead atoms. The number of esters is 1. The van der Waals surface area contributed by atoms with Crippen molar-refractivity contribution in [1.82, 2.24) is 4.90 Å². The zero-order chi connectivity index (χ0) is 14.7. The number of nitrogens with zero attached hydrogens (tertiary/aromatic N) is 1. The number of halogens is 2. The van der Waals surface area contributed by atoms with Crippen LogP contribution >= 0.6 is 34.5 Å². The molecule has 1 aliphatic rings. The monoisotopic (exact) mass is 335 g/mol. The largest absolute Gasteiger partial charge is 0.466 e. The van der Waals surface area contributed by atoms with E-state index in [1.165, 1.54) is 11.3 Å². The van der Waals surface area contributed by atoms with Gasteiger partial charge in [-0.2, -0.15) is 0 Å². The summed E-state index contributed by atoms with van der Waals surface area (Å²) in [6.45, 7) is 3.13. The van der Waals surface area contributed by atoms with Crippen LogP contribution in [-0.2, 0) is 9.53 Å². The predicted molar refractivity (Wildman–Crippen MR) is 79.6 cm³/mol. The third-order valence-electron chi connectivity index (χ3n) is 3.22. The summed E-state index contributed by atoms with van der Waals surface area (Å²) in [6, 6.07) is 1.57. The molecular formula is C13H15Cl2NO3S. The van der Waals surface area contributed by atoms with Crippen LogP contribution in [0.1, 0.15) is 30.1 Å². The fourth-order valence-electron chi connectivity index (χ4n) is 2.27. The molecule has 110 valence electrons. The average Bonchev–Trinajstić information content (AvgIpc) is 2.77. The van der Waals surface area contributed by atoms with Gasteiger partial charge in [-0.05, 0) is 25.8 Å². The van der Waals surface area contributed by atoms with Gasteiger partial charge in [0.15, 0.2) is 0 Å². The molecule has 0 saturated carbocycles. The molecule has 0 spiro atoms. The Morgan fingerprint density at radius 2 is 2.25 bits per heavy atom. The van der Waals surface area contributed by atoms with E-state index >= 15 is 0 Å². The van der Waals surface area contributed by atoms with E-state index in [4.69, 9.17) is 27.9 Å². The molecule has 1 aromatic heterocycles. The van der Waals surface area contributed by atoms with Gasteiger partial charge in [-0.25, -0.2) is 0 Å². The molecule has 0 radical (unpaired) electrons. The summed E-state index contributed by atoms with van der Waals surface area (Å²) in [5.74, 6) is -0.660. The molecule has 1 saturated heterocycles. The summed E-state index contributed by atoms with van der Waals surface area (Å²) >= 11 is 13.0. The van der Waals surface area contributed by atoms with Crippen molar-refractivity contribution >= 4 is 46.4 Å². The third kappa shape index (κ3) is 3.45. The number of likely N-dealkylation sites (tertiary alicyclic amines) is 1. The maximum atomic E-state index is 12.4. The minimum Gasteiger partial charge on any atom is -0.466 e. The highest BCUT2D eigenvalue weighted by molar-refractivity contribution is 7.20. The van der Waals surface area contributed by atoms with Crippen molar-refractivity contribution in [2.75, 3.05) is 19.7 Å². The van der Waals surface area contributed by atoms with E-state index < -0.39 is 0 Å². The zero-order valence-corrected chi connectivity index (χ0v) is 13.4. The molecule has 20 heavy (non-hydrogen) atoms. The number of carbonyl (C=O) groups is 2. The van der Waals surface area contributed by atoms with Crippen molar-refractivity contribution in [1.29, 1.82) is 0 Å². The second kappa shape index (κ2) is 6.78. The standard InChI is InChI=1S/C13H15Cl2NO3S/c1-2-19-13(18)8-4-3-5-16(7-8)12(17)9-6-10(14)20-11(9)15/h6,8H,2-5,7H2,1H3. The smallest absolute Gasteiger partial charge is 0.310 e. The van der Waals surface area contributed by atoms with Crippen LogP contribution in [0.4, 0.5) is 0 Å². The highest BCUT2D eigenvalue weighted by Gasteiger charge is 2.31. The van der Waals surface area contributed by atoms with Crippen molar-refractivity contribution < 1.29 is 14.3 Å². The Morgan fingerprint density at radius 1 is 1.50 bits per heavy atom. The van der Waals surface area contributed by atoms with E-state index in [2.05, 4.69) is 0 Å². The molecule has 1 fully saturated rings. The van der Waals surface area contributed by atoms with Crippen LogP contribution in [0.25, 0.3) is 0 Å². The molecule has 1 amide bonds. The minimum atomic E-state index is -0.250. The number of rotatable bonds is 3. The molecule has 1 aliphatic heterocycles. The summed E-state index contributed by atoms with van der Waals surface area (Å²) < 4.78 is 5.89. The number of piperidine rings is 1. The number of thiophene rings is 1. The summed E-state index contributed by atoms with van der Waals surface area (Å²) in [6.07, 6.45) is 1.53. The zero-order valence-electron chi connectivity index (χ0n) is 11.0. The van der Waals surface area contributed by atoms with Gasteiger partial charge >= 0.3 is 5.97 Å². The third-order valence-corrected chi connectivity index (χ3v) is 4.70. The maximum absolute atomic E-state index is 12.4. The van der Waals surface area contributed by atoms with Crippen LogP contribution in [0.2, 0.25) is 8.67 Å². The van der Waals surface area contributed by atoms with Crippen molar-refractivity contribution in [2.45, 2.75) is 19.8 Å². The topological polar surface area (TPSA) is 46.6 Å². The Kier molecular flexibility index (Phi) is 5.29. The lowest BCUT2D eigenvalue weighted by molar-refractivity contribution is -0.149. The minimum absolute atomic E-state index is 0.174. The lowest BCUT2D eigenvalue weighted by Gasteiger charge is -2.31. The van der Waals surface area contributed by atoms with Gasteiger partial charge < -0.3 is 9.64 Å². The van der Waals surface area contributed by atoms with Gasteiger partial charge in [0.1, 0.15) is 4.34 Å². The average molecular weight is 336 g/mol. The number of carbonyl (C=O) groups excluding carboxylic acids is 2. The van der Waals surface area contributed by atoms with Crippen molar-refractivity contribution in [2.24, 2.45) is 5.92 Å². The molecule has 4 nitrogen and oxygen atoms in total. The van der Waals surface area contributed by atoms with Crippen LogP contribution in [-0.4, -0.2) is 36.5 Å². The first-order valence-electron chi connectivity index (χ1n) is 6.43. The Hall–Kier alpha value is -0.780. The van der Waals surface area contributed by atoms with E-state index in [0.717, 1.165) is 12.8 Å². The number of hydrogen-bond donors (Lipinski definition) is 0. The van der Waals surface area contributed by atoms with Gasteiger partial charge in [-0.1, -0.05) is 23.2 Å². The second-order valence-electron chi connectivity index (χ2n) is 4.58. The Morgan fingerprint density at radius 3 is 2.85 bits per heavy atom. The van der Waals surface area contributed by atoms with Gasteiger partial charge in [-0.3, -0.25) is 9.59 Å². The maximum Gasteiger partial charge on any atom is 0.310 e. The van der Waals surface area contributed by atoms with E-state index in [1.807, 2.05) is 0 Å². The normalized spacial score (nSPS) is 18.9. The highest BCUT2D eigenvalue weighted by Crippen LogP contribution is 2.32. The molecule has 1 aromatic rings. The molecule has 0 N–H and O–H groups in total. The van der Waals surface area contributed by atoms with Gasteiger partial charge in [0.05, 0.1) is 22.4 Å². The summed E-state index contributed by atoms with van der Waals surface area (Å²) in [5.41, 5.74) is 0.408. The number of hydrogen-bond acceptors (Lipinski definition) is 4. The van der Waals surface area contributed by atoms with Gasteiger partial charge in [0.2, 0.25) is 0 Å². The summed E-state index contributed by atoms with van der Waals surface area (Å²) in [7, 11) is 0. The first-order chi connectivity index (χ1) is 9.52. The molecule has 1 unspecified atom stereocenters. The van der Waals surface area contributed by atoms with Crippen LogP contribution in [0.5, 0.6) is 0 Å². The second-order valence-corrected chi connectivity index (χ2v) is 6.87. The lowest BCUT2D eigenvalue weighted by Crippen LogP contribution is -2.42. The molecule has 0 aliphatic carbocycles. The summed E-state index contributed by atoms with van der Waals surface area (Å²) in [4.78, 5) is 25.8. The van der Waals surface area contributed by atoms with E-state index in [9.17, 15) is 9.59 Å². The van der Waals surface area contributed by atoms with E-state index in [0.29, 0.717) is 33.9 Å². The first-order valence-corrected chi connectivity index (χ1v) is 8.01. The van der Waals surface area contributed by atoms with Crippen molar-refractivity contribution in [3.63, 3.8) is 0 Å². The van der Waals surface area contributed by atoms with Crippen LogP contribution < -0.4 is 0 Å². The van der Waals surface area contributed by atoms with Crippen LogP contribution in [0, 0.1) is 5.92 Å². The lowest BCUT2D eigenvalue weighted by atomic mass is 9.98.